The van der Waals surface area contributed by atoms with Crippen LogP contribution in [0.5, 0.6) is 46.0 Å². The number of halogens is 4. The van der Waals surface area contributed by atoms with Crippen molar-refractivity contribution in [1.29, 1.82) is 0 Å². The van der Waals surface area contributed by atoms with Gasteiger partial charge in [-0.25, -0.2) is 19.2 Å². The van der Waals surface area contributed by atoms with Crippen LogP contribution in [0.4, 0.5) is 0 Å². The number of hydrogen-bond acceptors (Lipinski definition) is 18. The van der Waals surface area contributed by atoms with E-state index in [4.69, 9.17) is 84.3 Å². The monoisotopic (exact) mass is 1540 g/mol. The first-order valence-electron chi connectivity index (χ1n) is 34.1. The third kappa shape index (κ3) is 15.9. The van der Waals surface area contributed by atoms with Gasteiger partial charge in [0.05, 0.1) is 48.4 Å². The lowest BCUT2D eigenvalue weighted by molar-refractivity contribution is -0.146. The first-order chi connectivity index (χ1) is 51.3. The molecule has 0 fully saturated rings. The minimum atomic E-state index is -1.64. The van der Waals surface area contributed by atoms with E-state index in [1.807, 2.05) is 0 Å². The van der Waals surface area contributed by atoms with Crippen LogP contribution in [-0.2, 0) is 47.7 Å². The summed E-state index contributed by atoms with van der Waals surface area (Å²) in [5, 5.41) is 1.28. The molecule has 0 radical (unpaired) electrons. The van der Waals surface area contributed by atoms with Gasteiger partial charge in [-0.05, 0) is 137 Å². The molecule has 2 atom stereocenters. The van der Waals surface area contributed by atoms with Crippen molar-refractivity contribution in [2.24, 2.45) is 11.8 Å². The topological polar surface area (TPSA) is 258 Å². The minimum Gasteiger partial charge on any atom is -0.460 e. The molecule has 2 aliphatic rings. The van der Waals surface area contributed by atoms with Gasteiger partial charge in [0, 0.05) is 85.5 Å². The summed E-state index contributed by atoms with van der Waals surface area (Å²) in [6, 6.07) is 27.6. The molecule has 22 nitrogen and oxygen atoms in total. The molecular weight excluding hydrogens is 1470 g/mol. The maximum Gasteiger partial charge on any atom is 0.333 e. The van der Waals surface area contributed by atoms with Gasteiger partial charge in [0.25, 0.3) is 23.6 Å². The van der Waals surface area contributed by atoms with Gasteiger partial charge in [0.1, 0.15) is 84.5 Å². The summed E-state index contributed by atoms with van der Waals surface area (Å²) < 4.78 is 50.0. The van der Waals surface area contributed by atoms with Gasteiger partial charge in [-0.2, -0.15) is 0 Å². The SMILES string of the molecule is C=C(C)C(=O)OCCN(CCOC(=O)C(=C)C)C(=O)C(C(C)C)N1C(=O)c2cc(Oc3cccc(Cl)c3)c3c4c(Oc5cccc(Cl)c5)cc5c6c(cc(Oc7cccc(Cl)c7)c(c7c(Oc8cccc(Cl)c8)cc(c2c37)C1=O)c64)C(=O)N(C(C(=O)N(CCOC(=O)C(=C)C)CCOC(=O)C(=C)C)C(C)C)C5=O. The lowest BCUT2D eigenvalue weighted by Crippen LogP contribution is -2.57. The smallest absolute Gasteiger partial charge is 0.333 e. The van der Waals surface area contributed by atoms with E-state index in [9.17, 15) is 19.2 Å². The summed E-state index contributed by atoms with van der Waals surface area (Å²) in [6.45, 7) is 24.1. The molecule has 0 saturated carbocycles. The van der Waals surface area contributed by atoms with Crippen molar-refractivity contribution in [3.05, 3.63) is 212 Å². The highest BCUT2D eigenvalue weighted by Gasteiger charge is 2.48. The van der Waals surface area contributed by atoms with E-state index in [2.05, 4.69) is 26.3 Å². The molecule has 9 aromatic rings. The largest absolute Gasteiger partial charge is 0.460 e. The van der Waals surface area contributed by atoms with E-state index in [0.717, 1.165) is 9.80 Å². The predicted octanol–water partition coefficient (Wildman–Crippen LogP) is 16.9. The minimum absolute atomic E-state index is 0.0141. The fourth-order valence-corrected chi connectivity index (χ4v) is 13.6. The van der Waals surface area contributed by atoms with Gasteiger partial charge < -0.3 is 47.7 Å². The number of carbonyl (C=O) groups excluding carboxylic acids is 10. The molecule has 26 heteroatoms. The van der Waals surface area contributed by atoms with Gasteiger partial charge in [0.2, 0.25) is 11.8 Å². The summed E-state index contributed by atoms with van der Waals surface area (Å²) >= 11 is 27.0. The van der Waals surface area contributed by atoms with Gasteiger partial charge in [-0.3, -0.25) is 38.6 Å². The molecule has 9 aromatic carbocycles. The second kappa shape index (κ2) is 32.4. The Hall–Kier alpha value is -11.3. The molecule has 2 unspecified atom stereocenters. The van der Waals surface area contributed by atoms with Crippen LogP contribution in [0.3, 0.4) is 0 Å². The molecule has 556 valence electrons. The molecule has 0 bridgehead atoms. The highest BCUT2D eigenvalue weighted by molar-refractivity contribution is 6.45. The van der Waals surface area contributed by atoms with Crippen LogP contribution in [0.15, 0.2) is 170 Å². The van der Waals surface area contributed by atoms with E-state index < -0.39 is 83.2 Å². The Labute approximate surface area is 640 Å². The molecule has 0 N–H and O–H groups in total. The average Bonchev–Trinajstić information content (AvgIpc) is 0.670. The van der Waals surface area contributed by atoms with Crippen molar-refractivity contribution in [2.45, 2.75) is 67.5 Å². The maximum absolute atomic E-state index is 16.4. The lowest BCUT2D eigenvalue weighted by atomic mass is 9.80. The predicted molar refractivity (Wildman–Crippen MR) is 408 cm³/mol. The second-order valence-electron chi connectivity index (χ2n) is 26.6. The zero-order valence-corrected chi connectivity index (χ0v) is 63.0. The van der Waals surface area contributed by atoms with Crippen LogP contribution in [0.2, 0.25) is 20.1 Å². The number of benzene rings is 9. The number of nitrogens with zero attached hydrogens (tertiary/aromatic N) is 4. The van der Waals surface area contributed by atoms with E-state index in [0.29, 0.717) is 0 Å². The molecule has 11 rings (SSSR count). The number of rotatable bonds is 30. The Morgan fingerprint density at radius 1 is 0.352 bits per heavy atom. The van der Waals surface area contributed by atoms with Crippen molar-refractivity contribution in [3.8, 4) is 46.0 Å². The van der Waals surface area contributed by atoms with Crippen LogP contribution in [-0.4, -0.2) is 144 Å². The number of amides is 6. The first kappa shape index (κ1) is 77.8. The molecular formula is C82H72Cl4N4O18. The van der Waals surface area contributed by atoms with Crippen LogP contribution < -0.4 is 18.9 Å². The molecule has 2 heterocycles. The zero-order chi connectivity index (χ0) is 78.0. The molecule has 108 heavy (non-hydrogen) atoms. The Morgan fingerprint density at radius 2 is 0.574 bits per heavy atom. The third-order valence-electron chi connectivity index (χ3n) is 17.8. The number of esters is 4. The summed E-state index contributed by atoms with van der Waals surface area (Å²) in [5.74, 6) is -10.4. The Balaban J connectivity index is 1.25. The van der Waals surface area contributed by atoms with Crippen molar-refractivity contribution in [2.75, 3.05) is 52.6 Å². The quantitative estimate of drug-likeness (QED) is 0.0101. The van der Waals surface area contributed by atoms with Gasteiger partial charge in [-0.1, -0.05) is 125 Å². The van der Waals surface area contributed by atoms with Crippen LogP contribution in [0, 0.1) is 11.8 Å². The molecule has 6 amide bonds. The van der Waals surface area contributed by atoms with Crippen molar-refractivity contribution in [3.63, 3.8) is 0 Å². The van der Waals surface area contributed by atoms with Crippen molar-refractivity contribution >= 4 is 149 Å². The van der Waals surface area contributed by atoms with E-state index >= 15 is 28.8 Å². The third-order valence-corrected chi connectivity index (χ3v) is 18.7. The maximum atomic E-state index is 16.4. The van der Waals surface area contributed by atoms with Crippen molar-refractivity contribution in [1.82, 2.24) is 19.6 Å². The first-order valence-corrected chi connectivity index (χ1v) is 35.6. The van der Waals surface area contributed by atoms with E-state index in [-0.39, 0.29) is 206 Å². The fourth-order valence-electron chi connectivity index (χ4n) is 12.9. The molecule has 0 aromatic heterocycles. The average molecular weight is 1540 g/mol. The van der Waals surface area contributed by atoms with Crippen molar-refractivity contribution < 1.29 is 85.8 Å². The summed E-state index contributed by atoms with van der Waals surface area (Å²) in [6.07, 6.45) is 0. The molecule has 2 aliphatic heterocycles. The van der Waals surface area contributed by atoms with Crippen LogP contribution in [0.1, 0.15) is 96.8 Å². The van der Waals surface area contributed by atoms with E-state index in [1.165, 1.54) is 86.0 Å². The number of carbonyl (C=O) groups is 10. The second-order valence-corrected chi connectivity index (χ2v) is 28.3. The Kier molecular flexibility index (Phi) is 23.4. The van der Waals surface area contributed by atoms with Crippen LogP contribution >= 0.6 is 46.4 Å². The molecule has 0 saturated heterocycles. The summed E-state index contributed by atoms with van der Waals surface area (Å²) in [4.78, 5) is 152. The standard InChI is InChI=1S/C82H72Cl4N4O18/c1-41(2)71(77(95)87(25-29-101-79(97)43(5)6)26-30-102-80(98)44(7)8)89-73(91)55-37-59(105-51-21-13-17-47(83)33-51)65-67-61(107-53-23-15-19-49(85)35-53)39-57-64-58(76(94)90(75(57)93)72(42(3)4)78(96)88(27-31-103-81(99)45(9)10)28-32-104-82(100)46(11)12)40-62(108-54-24-16-20-50(86)36-54)68(70(64)67)66-60(106-52-22-14-18-48(84)34-52)38-56(74(89)92)63(55)69(65)66/h13-24,33-42,71-72H,5,7,9,11,25-32H2,1-4,6,8,10,12H3. The summed E-state index contributed by atoms with van der Waals surface area (Å²) in [7, 11) is 0. The zero-order valence-electron chi connectivity index (χ0n) is 60.0. The van der Waals surface area contributed by atoms with E-state index in [1.54, 1.807) is 100 Å². The number of ether oxygens (including phenoxy) is 8. The normalized spacial score (nSPS) is 13.1. The number of fused-ring (bicyclic) bond motifs is 2. The van der Waals surface area contributed by atoms with Gasteiger partial charge >= 0.3 is 23.9 Å². The van der Waals surface area contributed by atoms with Gasteiger partial charge in [0.15, 0.2) is 0 Å². The summed E-state index contributed by atoms with van der Waals surface area (Å²) in [5.41, 5.74) is -0.484. The Bertz CT molecular complexity index is 4710. The highest BCUT2D eigenvalue weighted by Crippen LogP contribution is 2.58. The van der Waals surface area contributed by atoms with Gasteiger partial charge in [-0.15, -0.1) is 0 Å². The Morgan fingerprint density at radius 3 is 0.769 bits per heavy atom. The van der Waals surface area contributed by atoms with Crippen LogP contribution in [0.25, 0.3) is 43.1 Å². The number of hydrogen-bond donors (Lipinski definition) is 0. The number of imide groups is 2. The molecule has 0 aliphatic carbocycles. The lowest BCUT2D eigenvalue weighted by Gasteiger charge is -2.39. The highest BCUT2D eigenvalue weighted by atomic mass is 35.5. The molecule has 0 spiro atoms. The fraction of sp³-hybridized carbons (Fsp3) is 0.244.